The lowest BCUT2D eigenvalue weighted by molar-refractivity contribution is -0.00581. The SMILES string of the molecule is CCCCOCCCNC1COC1. The second-order valence-corrected chi connectivity index (χ2v) is 3.51. The maximum absolute atomic E-state index is 5.44. The van der Waals surface area contributed by atoms with Crippen LogP contribution < -0.4 is 5.32 Å². The van der Waals surface area contributed by atoms with E-state index in [0.29, 0.717) is 6.04 Å². The van der Waals surface area contributed by atoms with E-state index in [0.717, 1.165) is 39.4 Å². The minimum absolute atomic E-state index is 0.607. The van der Waals surface area contributed by atoms with Crippen LogP contribution in [-0.2, 0) is 9.47 Å². The highest BCUT2D eigenvalue weighted by molar-refractivity contribution is 4.72. The minimum atomic E-state index is 0.607. The normalized spacial score (nSPS) is 17.3. The molecule has 0 amide bonds. The molecule has 0 atom stereocenters. The Morgan fingerprint density at radius 3 is 2.69 bits per heavy atom. The van der Waals surface area contributed by atoms with Crippen LogP contribution in [0.1, 0.15) is 26.2 Å². The Bertz CT molecular complexity index is 115. The average molecular weight is 187 g/mol. The van der Waals surface area contributed by atoms with Crippen molar-refractivity contribution in [1.82, 2.24) is 5.32 Å². The molecule has 0 saturated carbocycles. The highest BCUT2D eigenvalue weighted by Crippen LogP contribution is 1.98. The summed E-state index contributed by atoms with van der Waals surface area (Å²) >= 11 is 0. The van der Waals surface area contributed by atoms with E-state index in [2.05, 4.69) is 12.2 Å². The number of unbranched alkanes of at least 4 members (excludes halogenated alkanes) is 1. The van der Waals surface area contributed by atoms with Crippen LogP contribution in [0.2, 0.25) is 0 Å². The van der Waals surface area contributed by atoms with Gasteiger partial charge >= 0.3 is 0 Å². The van der Waals surface area contributed by atoms with Crippen molar-refractivity contribution in [3.05, 3.63) is 0 Å². The molecule has 1 aliphatic rings. The first kappa shape index (κ1) is 11.0. The van der Waals surface area contributed by atoms with Gasteiger partial charge in [-0.25, -0.2) is 0 Å². The first-order valence-electron chi connectivity index (χ1n) is 5.32. The van der Waals surface area contributed by atoms with Crippen molar-refractivity contribution in [1.29, 1.82) is 0 Å². The summed E-state index contributed by atoms with van der Waals surface area (Å²) in [5.41, 5.74) is 0. The number of nitrogens with one attached hydrogen (secondary N) is 1. The van der Waals surface area contributed by atoms with E-state index >= 15 is 0 Å². The van der Waals surface area contributed by atoms with E-state index in [4.69, 9.17) is 9.47 Å². The van der Waals surface area contributed by atoms with Crippen LogP contribution in [0.5, 0.6) is 0 Å². The summed E-state index contributed by atoms with van der Waals surface area (Å²) in [6.07, 6.45) is 3.52. The molecule has 1 N–H and O–H groups in total. The van der Waals surface area contributed by atoms with E-state index in [9.17, 15) is 0 Å². The van der Waals surface area contributed by atoms with Crippen molar-refractivity contribution in [3.63, 3.8) is 0 Å². The zero-order valence-electron chi connectivity index (χ0n) is 8.55. The Morgan fingerprint density at radius 2 is 2.08 bits per heavy atom. The minimum Gasteiger partial charge on any atom is -0.381 e. The van der Waals surface area contributed by atoms with Crippen LogP contribution in [-0.4, -0.2) is 39.0 Å². The summed E-state index contributed by atoms with van der Waals surface area (Å²) in [4.78, 5) is 0. The Labute approximate surface area is 80.8 Å². The zero-order chi connectivity index (χ0) is 9.36. The lowest BCUT2D eigenvalue weighted by Gasteiger charge is -2.26. The van der Waals surface area contributed by atoms with E-state index in [1.54, 1.807) is 0 Å². The van der Waals surface area contributed by atoms with Gasteiger partial charge in [0.15, 0.2) is 0 Å². The molecule has 1 rings (SSSR count). The van der Waals surface area contributed by atoms with Crippen LogP contribution in [0, 0.1) is 0 Å². The highest BCUT2D eigenvalue weighted by atomic mass is 16.5. The molecular formula is C10H21NO2. The van der Waals surface area contributed by atoms with Gasteiger partial charge in [0.2, 0.25) is 0 Å². The molecule has 0 spiro atoms. The van der Waals surface area contributed by atoms with Gasteiger partial charge in [-0.3, -0.25) is 0 Å². The van der Waals surface area contributed by atoms with Crippen LogP contribution >= 0.6 is 0 Å². The Balaban J connectivity index is 1.68. The quantitative estimate of drug-likeness (QED) is 0.579. The van der Waals surface area contributed by atoms with Crippen molar-refractivity contribution in [3.8, 4) is 0 Å². The summed E-state index contributed by atoms with van der Waals surface area (Å²) in [5, 5.41) is 3.40. The van der Waals surface area contributed by atoms with Crippen molar-refractivity contribution >= 4 is 0 Å². The molecule has 0 bridgehead atoms. The number of ether oxygens (including phenoxy) is 2. The topological polar surface area (TPSA) is 30.5 Å². The first-order chi connectivity index (χ1) is 6.43. The zero-order valence-corrected chi connectivity index (χ0v) is 8.55. The van der Waals surface area contributed by atoms with Crippen molar-refractivity contribution < 1.29 is 9.47 Å². The third-order valence-electron chi connectivity index (χ3n) is 2.18. The summed E-state index contributed by atoms with van der Waals surface area (Å²) < 4.78 is 10.5. The fourth-order valence-electron chi connectivity index (χ4n) is 1.18. The Morgan fingerprint density at radius 1 is 1.31 bits per heavy atom. The number of hydrogen-bond acceptors (Lipinski definition) is 3. The molecule has 78 valence electrons. The summed E-state index contributed by atoms with van der Waals surface area (Å²) in [6.45, 7) is 6.82. The summed E-state index contributed by atoms with van der Waals surface area (Å²) in [5.74, 6) is 0. The molecule has 13 heavy (non-hydrogen) atoms. The molecule has 0 aromatic rings. The van der Waals surface area contributed by atoms with Gasteiger partial charge in [0.25, 0.3) is 0 Å². The van der Waals surface area contributed by atoms with E-state index in [1.165, 1.54) is 12.8 Å². The molecule has 3 nitrogen and oxygen atoms in total. The highest BCUT2D eigenvalue weighted by Gasteiger charge is 2.16. The molecule has 0 unspecified atom stereocenters. The van der Waals surface area contributed by atoms with Gasteiger partial charge in [0.1, 0.15) is 0 Å². The fraction of sp³-hybridized carbons (Fsp3) is 1.00. The summed E-state index contributed by atoms with van der Waals surface area (Å²) in [6, 6.07) is 0.607. The smallest absolute Gasteiger partial charge is 0.0643 e. The average Bonchev–Trinajstić information content (AvgIpc) is 2.07. The predicted molar refractivity (Wildman–Crippen MR) is 53.0 cm³/mol. The van der Waals surface area contributed by atoms with E-state index in [1.807, 2.05) is 0 Å². The van der Waals surface area contributed by atoms with E-state index < -0.39 is 0 Å². The molecule has 0 aliphatic carbocycles. The van der Waals surface area contributed by atoms with Crippen molar-refractivity contribution in [2.75, 3.05) is 33.0 Å². The Hall–Kier alpha value is -0.120. The molecule has 1 heterocycles. The maximum Gasteiger partial charge on any atom is 0.0643 e. The van der Waals surface area contributed by atoms with Crippen molar-refractivity contribution in [2.24, 2.45) is 0 Å². The fourth-order valence-corrected chi connectivity index (χ4v) is 1.18. The van der Waals surface area contributed by atoms with Crippen LogP contribution in [0.15, 0.2) is 0 Å². The third kappa shape index (κ3) is 5.24. The number of rotatable bonds is 8. The lowest BCUT2D eigenvalue weighted by Crippen LogP contribution is -2.46. The number of hydrogen-bond donors (Lipinski definition) is 1. The predicted octanol–water partition coefficient (Wildman–Crippen LogP) is 1.18. The molecular weight excluding hydrogens is 166 g/mol. The first-order valence-corrected chi connectivity index (χ1v) is 5.32. The van der Waals surface area contributed by atoms with Gasteiger partial charge in [-0.2, -0.15) is 0 Å². The molecule has 0 radical (unpaired) electrons. The van der Waals surface area contributed by atoms with Crippen molar-refractivity contribution in [2.45, 2.75) is 32.2 Å². The van der Waals surface area contributed by atoms with Crippen LogP contribution in [0.3, 0.4) is 0 Å². The van der Waals surface area contributed by atoms with Crippen LogP contribution in [0.4, 0.5) is 0 Å². The van der Waals surface area contributed by atoms with Gasteiger partial charge in [0.05, 0.1) is 19.3 Å². The Kier molecular flexibility index (Phi) is 6.15. The van der Waals surface area contributed by atoms with E-state index in [-0.39, 0.29) is 0 Å². The van der Waals surface area contributed by atoms with Gasteiger partial charge in [0, 0.05) is 13.2 Å². The lowest BCUT2D eigenvalue weighted by atomic mass is 10.2. The molecule has 1 aliphatic heterocycles. The molecule has 1 saturated heterocycles. The van der Waals surface area contributed by atoms with Gasteiger partial charge in [-0.1, -0.05) is 13.3 Å². The molecule has 0 aromatic carbocycles. The maximum atomic E-state index is 5.44. The van der Waals surface area contributed by atoms with Gasteiger partial charge < -0.3 is 14.8 Å². The standard InChI is InChI=1S/C10H21NO2/c1-2-3-6-12-7-4-5-11-10-8-13-9-10/h10-11H,2-9H2,1H3. The molecule has 3 heteroatoms. The summed E-state index contributed by atoms with van der Waals surface area (Å²) in [7, 11) is 0. The molecule has 1 fully saturated rings. The monoisotopic (exact) mass is 187 g/mol. The van der Waals surface area contributed by atoms with Crippen LogP contribution in [0.25, 0.3) is 0 Å². The molecule has 0 aromatic heterocycles. The third-order valence-corrected chi connectivity index (χ3v) is 2.18. The second kappa shape index (κ2) is 7.30. The second-order valence-electron chi connectivity index (χ2n) is 3.51. The van der Waals surface area contributed by atoms with Gasteiger partial charge in [-0.05, 0) is 19.4 Å². The largest absolute Gasteiger partial charge is 0.381 e. The van der Waals surface area contributed by atoms with Gasteiger partial charge in [-0.15, -0.1) is 0 Å².